The molecule has 14 heavy (non-hydrogen) atoms. The predicted octanol–water partition coefficient (Wildman–Crippen LogP) is 2.42. The number of benzene rings is 1. The Morgan fingerprint density at radius 3 is 2.43 bits per heavy atom. The average molecular weight is 235 g/mol. The lowest BCUT2D eigenvalue weighted by Crippen LogP contribution is -2.28. The van der Waals surface area contributed by atoms with Crippen LogP contribution >= 0.6 is 23.2 Å². The maximum atomic E-state index is 10.5. The quantitative estimate of drug-likeness (QED) is 0.815. The number of ether oxygens (including phenoxy) is 1. The highest BCUT2D eigenvalue weighted by Gasteiger charge is 2.34. The fourth-order valence-corrected chi connectivity index (χ4v) is 0.919. The molecule has 76 valence electrons. The molecular weight excluding hydrogens is 227 g/mol. The molecule has 0 atom stereocenters. The fraction of sp³-hybridized carbons (Fsp3) is 0.222. The molecule has 0 aliphatic carbocycles. The van der Waals surface area contributed by atoms with E-state index in [1.54, 1.807) is 12.1 Å². The molecule has 0 unspecified atom stereocenters. The maximum absolute atomic E-state index is 10.5. The summed E-state index contributed by atoms with van der Waals surface area (Å²) in [5.74, 6) is -1.42. The summed E-state index contributed by atoms with van der Waals surface area (Å²) in [6.45, 7) is 0.0557. The highest BCUT2D eigenvalue weighted by atomic mass is 35.5. The molecule has 0 aliphatic heterocycles. The van der Waals surface area contributed by atoms with Crippen molar-refractivity contribution in [2.45, 2.75) is 11.1 Å². The van der Waals surface area contributed by atoms with Gasteiger partial charge in [0.1, 0.15) is 0 Å². The average Bonchev–Trinajstić information content (AvgIpc) is 2.16. The third-order valence-corrected chi connectivity index (χ3v) is 2.05. The molecule has 5 heteroatoms. The van der Waals surface area contributed by atoms with Crippen molar-refractivity contribution in [3.8, 4) is 0 Å². The van der Waals surface area contributed by atoms with Crippen molar-refractivity contribution in [1.82, 2.24) is 0 Å². The first kappa shape index (κ1) is 11.3. The summed E-state index contributed by atoms with van der Waals surface area (Å²) in [6, 6.07) is 9.03. The SMILES string of the molecule is O=C(O)C(Cl)(Cl)OCc1ccccc1. The first-order valence-corrected chi connectivity index (χ1v) is 4.57. The van der Waals surface area contributed by atoms with E-state index in [-0.39, 0.29) is 6.61 Å². The standard InChI is InChI=1S/C9H8Cl2O3/c10-9(11,8(12)13)14-6-7-4-2-1-3-5-7/h1-5H,6H2,(H,12,13). The van der Waals surface area contributed by atoms with Gasteiger partial charge >= 0.3 is 10.5 Å². The molecule has 0 saturated heterocycles. The van der Waals surface area contributed by atoms with Crippen molar-refractivity contribution >= 4 is 29.2 Å². The van der Waals surface area contributed by atoms with E-state index < -0.39 is 10.5 Å². The van der Waals surface area contributed by atoms with Crippen LogP contribution in [0.4, 0.5) is 0 Å². The van der Waals surface area contributed by atoms with Crippen LogP contribution < -0.4 is 0 Å². The lowest BCUT2D eigenvalue weighted by Gasteiger charge is -2.14. The van der Waals surface area contributed by atoms with Gasteiger partial charge in [0.05, 0.1) is 6.61 Å². The van der Waals surface area contributed by atoms with Gasteiger partial charge in [0.25, 0.3) is 0 Å². The summed E-state index contributed by atoms with van der Waals surface area (Å²) in [4.78, 5) is 10.5. The van der Waals surface area contributed by atoms with Gasteiger partial charge in [-0.15, -0.1) is 0 Å². The fourth-order valence-electron chi connectivity index (χ4n) is 0.810. The van der Waals surface area contributed by atoms with Gasteiger partial charge in [-0.05, 0) is 5.56 Å². The topological polar surface area (TPSA) is 46.5 Å². The zero-order valence-corrected chi connectivity index (χ0v) is 8.63. The van der Waals surface area contributed by atoms with Crippen molar-refractivity contribution in [3.63, 3.8) is 0 Å². The minimum atomic E-state index is -2.18. The molecule has 1 rings (SSSR count). The van der Waals surface area contributed by atoms with Gasteiger partial charge in [-0.3, -0.25) is 0 Å². The van der Waals surface area contributed by atoms with E-state index in [9.17, 15) is 4.79 Å². The van der Waals surface area contributed by atoms with Crippen LogP contribution in [0.3, 0.4) is 0 Å². The molecule has 0 radical (unpaired) electrons. The van der Waals surface area contributed by atoms with Crippen LogP contribution in [0, 0.1) is 0 Å². The minimum Gasteiger partial charge on any atom is -0.477 e. The molecule has 0 aliphatic rings. The molecule has 1 aromatic carbocycles. The van der Waals surface area contributed by atoms with Crippen molar-refractivity contribution in [2.24, 2.45) is 0 Å². The molecule has 0 heterocycles. The molecule has 1 N–H and O–H groups in total. The van der Waals surface area contributed by atoms with E-state index in [0.717, 1.165) is 5.56 Å². The summed E-state index contributed by atoms with van der Waals surface area (Å²) in [5.41, 5.74) is 0.805. The first-order valence-electron chi connectivity index (χ1n) is 3.81. The normalized spacial score (nSPS) is 11.3. The monoisotopic (exact) mass is 234 g/mol. The molecular formula is C9H8Cl2O3. The Balaban J connectivity index is 2.53. The molecule has 0 bridgehead atoms. The van der Waals surface area contributed by atoms with Crippen LogP contribution in [0.25, 0.3) is 0 Å². The Kier molecular flexibility index (Phi) is 3.75. The summed E-state index contributed by atoms with van der Waals surface area (Å²) in [5, 5.41) is 8.53. The van der Waals surface area contributed by atoms with Crippen molar-refractivity contribution < 1.29 is 14.6 Å². The van der Waals surface area contributed by atoms with E-state index in [1.807, 2.05) is 18.2 Å². The molecule has 0 fully saturated rings. The van der Waals surface area contributed by atoms with Crippen LogP contribution in [-0.4, -0.2) is 15.6 Å². The highest BCUT2D eigenvalue weighted by Crippen LogP contribution is 2.24. The van der Waals surface area contributed by atoms with Crippen LogP contribution in [0.2, 0.25) is 0 Å². The third-order valence-electron chi connectivity index (χ3n) is 1.51. The Labute approximate surface area is 91.2 Å². The van der Waals surface area contributed by atoms with Crippen LogP contribution in [0.15, 0.2) is 30.3 Å². The second-order valence-corrected chi connectivity index (χ2v) is 3.85. The number of rotatable bonds is 4. The third kappa shape index (κ3) is 3.18. The zero-order valence-electron chi connectivity index (χ0n) is 7.11. The number of hydrogen-bond donors (Lipinski definition) is 1. The Hall–Kier alpha value is -0.770. The van der Waals surface area contributed by atoms with E-state index >= 15 is 0 Å². The number of carboxylic acid groups (broad SMARTS) is 1. The number of carboxylic acids is 1. The van der Waals surface area contributed by atoms with E-state index in [1.165, 1.54) is 0 Å². The smallest absolute Gasteiger partial charge is 0.368 e. The number of alkyl halides is 2. The lowest BCUT2D eigenvalue weighted by atomic mass is 10.2. The summed E-state index contributed by atoms with van der Waals surface area (Å²) in [7, 11) is 0. The van der Waals surface area contributed by atoms with Gasteiger partial charge in [-0.1, -0.05) is 53.5 Å². The Morgan fingerprint density at radius 1 is 1.36 bits per heavy atom. The van der Waals surface area contributed by atoms with Crippen LogP contribution in [-0.2, 0) is 16.1 Å². The molecule has 0 amide bonds. The second-order valence-electron chi connectivity index (χ2n) is 2.60. The number of carbonyl (C=O) groups is 1. The Bertz CT molecular complexity index is 311. The molecule has 0 aromatic heterocycles. The maximum Gasteiger partial charge on any atom is 0.368 e. The molecule has 1 aromatic rings. The van der Waals surface area contributed by atoms with Crippen molar-refractivity contribution in [3.05, 3.63) is 35.9 Å². The van der Waals surface area contributed by atoms with E-state index in [2.05, 4.69) is 0 Å². The minimum absolute atomic E-state index is 0.0557. The summed E-state index contributed by atoms with van der Waals surface area (Å²) in [6.07, 6.45) is 0. The number of hydrogen-bond acceptors (Lipinski definition) is 2. The summed E-state index contributed by atoms with van der Waals surface area (Å²) >= 11 is 10.7. The first-order chi connectivity index (χ1) is 6.52. The molecule has 3 nitrogen and oxygen atoms in total. The molecule has 0 spiro atoms. The zero-order chi connectivity index (χ0) is 10.6. The highest BCUT2D eigenvalue weighted by molar-refractivity contribution is 6.56. The number of aliphatic carboxylic acids is 1. The molecule has 0 saturated carbocycles. The van der Waals surface area contributed by atoms with Crippen LogP contribution in [0.1, 0.15) is 5.56 Å². The largest absolute Gasteiger partial charge is 0.477 e. The van der Waals surface area contributed by atoms with Crippen molar-refractivity contribution in [2.75, 3.05) is 0 Å². The Morgan fingerprint density at radius 2 is 1.93 bits per heavy atom. The second kappa shape index (κ2) is 4.64. The van der Waals surface area contributed by atoms with Gasteiger partial charge in [0.2, 0.25) is 0 Å². The lowest BCUT2D eigenvalue weighted by molar-refractivity contribution is -0.148. The van der Waals surface area contributed by atoms with Gasteiger partial charge in [0.15, 0.2) is 0 Å². The van der Waals surface area contributed by atoms with Gasteiger partial charge < -0.3 is 9.84 Å². The summed E-state index contributed by atoms with van der Waals surface area (Å²) < 4.78 is 2.62. The van der Waals surface area contributed by atoms with Gasteiger partial charge in [0, 0.05) is 0 Å². The van der Waals surface area contributed by atoms with Crippen molar-refractivity contribution in [1.29, 1.82) is 0 Å². The van der Waals surface area contributed by atoms with Crippen LogP contribution in [0.5, 0.6) is 0 Å². The van der Waals surface area contributed by atoms with Gasteiger partial charge in [-0.2, -0.15) is 0 Å². The predicted molar refractivity (Wildman–Crippen MR) is 53.3 cm³/mol. The number of halogens is 2. The van der Waals surface area contributed by atoms with E-state index in [0.29, 0.717) is 0 Å². The van der Waals surface area contributed by atoms with E-state index in [4.69, 9.17) is 33.0 Å². The van der Waals surface area contributed by atoms with Gasteiger partial charge in [-0.25, -0.2) is 4.79 Å².